The Morgan fingerprint density at radius 2 is 1.84 bits per heavy atom. The van der Waals surface area contributed by atoms with Crippen molar-refractivity contribution in [1.82, 2.24) is 15.5 Å². The summed E-state index contributed by atoms with van der Waals surface area (Å²) in [4.78, 5) is 35.3. The molecule has 3 N–H and O–H groups in total. The maximum atomic E-state index is 11.6. The van der Waals surface area contributed by atoms with Crippen LogP contribution in [-0.2, 0) is 9.59 Å². The molecule has 3 aliphatic heterocycles. The largest absolute Gasteiger partial charge is 0.478 e. The predicted octanol–water partition coefficient (Wildman–Crippen LogP) is -0.453. The van der Waals surface area contributed by atoms with Gasteiger partial charge in [0.15, 0.2) is 0 Å². The average Bonchev–Trinajstić information content (AvgIpc) is 2.37. The third-order valence-corrected chi connectivity index (χ3v) is 3.59. The molecule has 3 saturated heterocycles. The molecule has 0 spiro atoms. The SMILES string of the molecule is O=C(O)/C=C/C(=O)NC(=O)NC1CN2CCC1CC2. The molecule has 3 rings (SSSR count). The fourth-order valence-corrected chi connectivity index (χ4v) is 2.63. The molecule has 0 aromatic rings. The number of nitrogens with one attached hydrogen (secondary N) is 2. The molecule has 104 valence electrons. The van der Waals surface area contributed by atoms with Gasteiger partial charge in [-0.05, 0) is 31.8 Å². The monoisotopic (exact) mass is 267 g/mol. The smallest absolute Gasteiger partial charge is 0.328 e. The number of carboxylic acid groups (broad SMARTS) is 1. The van der Waals surface area contributed by atoms with E-state index in [0.29, 0.717) is 12.0 Å². The van der Waals surface area contributed by atoms with Gasteiger partial charge in [-0.3, -0.25) is 10.1 Å². The standard InChI is InChI=1S/C12H17N3O4/c16-10(1-2-11(17)18)14-12(19)13-9-7-15-5-3-8(9)4-6-15/h1-2,8-9H,3-7H2,(H,17,18)(H2,13,14,16,19)/b2-1+. The van der Waals surface area contributed by atoms with E-state index in [1.807, 2.05) is 0 Å². The van der Waals surface area contributed by atoms with Gasteiger partial charge in [0.05, 0.1) is 0 Å². The summed E-state index contributed by atoms with van der Waals surface area (Å²) in [5, 5.41) is 13.2. The van der Waals surface area contributed by atoms with Crippen molar-refractivity contribution >= 4 is 17.9 Å². The number of hydrogen-bond donors (Lipinski definition) is 3. The molecular formula is C12H17N3O4. The van der Waals surface area contributed by atoms with Gasteiger partial charge in [-0.15, -0.1) is 0 Å². The Morgan fingerprint density at radius 3 is 2.37 bits per heavy atom. The summed E-state index contributed by atoms with van der Waals surface area (Å²) >= 11 is 0. The van der Waals surface area contributed by atoms with Gasteiger partial charge < -0.3 is 15.3 Å². The molecule has 7 heteroatoms. The lowest BCUT2D eigenvalue weighted by Crippen LogP contribution is -2.59. The van der Waals surface area contributed by atoms with Gasteiger partial charge in [-0.2, -0.15) is 0 Å². The van der Waals surface area contributed by atoms with Gasteiger partial charge in [-0.25, -0.2) is 9.59 Å². The van der Waals surface area contributed by atoms with Crippen LogP contribution in [0.4, 0.5) is 4.79 Å². The van der Waals surface area contributed by atoms with Crippen LogP contribution in [0.15, 0.2) is 12.2 Å². The van der Waals surface area contributed by atoms with E-state index in [1.54, 1.807) is 0 Å². The number of imide groups is 1. The minimum absolute atomic E-state index is 0.0683. The normalized spacial score (nSPS) is 29.2. The number of carbonyl (C=O) groups is 3. The topological polar surface area (TPSA) is 98.7 Å². The number of nitrogens with zero attached hydrogens (tertiary/aromatic N) is 1. The predicted molar refractivity (Wildman–Crippen MR) is 66.4 cm³/mol. The number of aliphatic carboxylic acids is 1. The van der Waals surface area contributed by atoms with Crippen LogP contribution >= 0.6 is 0 Å². The number of hydrogen-bond acceptors (Lipinski definition) is 4. The Morgan fingerprint density at radius 1 is 1.16 bits per heavy atom. The molecule has 0 aliphatic carbocycles. The summed E-state index contributed by atoms with van der Waals surface area (Å²) in [6, 6.07) is -0.502. The first-order chi connectivity index (χ1) is 9.04. The highest BCUT2D eigenvalue weighted by molar-refractivity contribution is 6.02. The van der Waals surface area contributed by atoms with E-state index >= 15 is 0 Å². The van der Waals surface area contributed by atoms with Crippen LogP contribution in [0.3, 0.4) is 0 Å². The number of carboxylic acids is 1. The molecule has 0 radical (unpaired) electrons. The zero-order valence-corrected chi connectivity index (χ0v) is 10.5. The second kappa shape index (κ2) is 5.83. The van der Waals surface area contributed by atoms with Gasteiger partial charge in [0.1, 0.15) is 0 Å². The Kier molecular flexibility index (Phi) is 4.16. The molecule has 7 nitrogen and oxygen atoms in total. The van der Waals surface area contributed by atoms with Crippen LogP contribution in [0.2, 0.25) is 0 Å². The molecule has 3 amide bonds. The summed E-state index contributed by atoms with van der Waals surface area (Å²) in [5.74, 6) is -1.49. The van der Waals surface area contributed by atoms with Crippen molar-refractivity contribution < 1.29 is 19.5 Å². The number of fused-ring (bicyclic) bond motifs is 3. The lowest BCUT2D eigenvalue weighted by atomic mass is 9.84. The van der Waals surface area contributed by atoms with E-state index in [0.717, 1.165) is 38.6 Å². The van der Waals surface area contributed by atoms with Crippen molar-refractivity contribution in [2.75, 3.05) is 19.6 Å². The highest BCUT2D eigenvalue weighted by atomic mass is 16.4. The van der Waals surface area contributed by atoms with Gasteiger partial charge in [0.25, 0.3) is 5.91 Å². The number of piperidine rings is 3. The molecule has 1 unspecified atom stereocenters. The molecule has 1 atom stereocenters. The summed E-state index contributed by atoms with van der Waals surface area (Å²) in [6.45, 7) is 2.97. The number of carbonyl (C=O) groups excluding carboxylic acids is 2. The number of rotatable bonds is 3. The zero-order valence-electron chi connectivity index (χ0n) is 10.5. The third kappa shape index (κ3) is 3.78. The van der Waals surface area contributed by atoms with E-state index in [4.69, 9.17) is 5.11 Å². The molecule has 3 fully saturated rings. The maximum absolute atomic E-state index is 11.6. The van der Waals surface area contributed by atoms with Crippen molar-refractivity contribution in [3.05, 3.63) is 12.2 Å². The average molecular weight is 267 g/mol. The Balaban J connectivity index is 1.78. The second-order valence-corrected chi connectivity index (χ2v) is 4.88. The van der Waals surface area contributed by atoms with Crippen molar-refractivity contribution in [2.24, 2.45) is 5.92 Å². The Labute approximate surface area is 110 Å². The van der Waals surface area contributed by atoms with Crippen LogP contribution in [-0.4, -0.2) is 53.6 Å². The zero-order chi connectivity index (χ0) is 13.8. The summed E-state index contributed by atoms with van der Waals surface area (Å²) < 4.78 is 0. The molecule has 0 saturated carbocycles. The van der Waals surface area contributed by atoms with Crippen LogP contribution < -0.4 is 10.6 Å². The van der Waals surface area contributed by atoms with Gasteiger partial charge in [-0.1, -0.05) is 0 Å². The van der Waals surface area contributed by atoms with E-state index in [2.05, 4.69) is 15.5 Å². The molecule has 2 bridgehead atoms. The van der Waals surface area contributed by atoms with Crippen molar-refractivity contribution in [1.29, 1.82) is 0 Å². The molecule has 0 aromatic heterocycles. The minimum atomic E-state index is -1.23. The van der Waals surface area contributed by atoms with E-state index in [1.165, 1.54) is 0 Å². The van der Waals surface area contributed by atoms with Crippen LogP contribution in [0.5, 0.6) is 0 Å². The van der Waals surface area contributed by atoms with Gasteiger partial charge >= 0.3 is 12.0 Å². The number of urea groups is 1. The molecule has 3 aliphatic rings. The van der Waals surface area contributed by atoms with Gasteiger partial charge in [0, 0.05) is 24.7 Å². The molecule has 19 heavy (non-hydrogen) atoms. The van der Waals surface area contributed by atoms with E-state index in [-0.39, 0.29) is 6.04 Å². The minimum Gasteiger partial charge on any atom is -0.478 e. The quantitative estimate of drug-likeness (QED) is 0.601. The van der Waals surface area contributed by atoms with Crippen LogP contribution in [0.1, 0.15) is 12.8 Å². The van der Waals surface area contributed by atoms with E-state index < -0.39 is 17.9 Å². The van der Waals surface area contributed by atoms with Crippen molar-refractivity contribution in [2.45, 2.75) is 18.9 Å². The molecular weight excluding hydrogens is 250 g/mol. The van der Waals surface area contributed by atoms with E-state index in [9.17, 15) is 14.4 Å². The lowest BCUT2D eigenvalue weighted by Gasteiger charge is -2.44. The second-order valence-electron chi connectivity index (χ2n) is 4.88. The summed E-state index contributed by atoms with van der Waals surface area (Å²) in [6.07, 6.45) is 3.64. The lowest BCUT2D eigenvalue weighted by molar-refractivity contribution is -0.131. The molecule has 3 heterocycles. The van der Waals surface area contributed by atoms with Crippen LogP contribution in [0, 0.1) is 5.92 Å². The van der Waals surface area contributed by atoms with Crippen molar-refractivity contribution in [3.63, 3.8) is 0 Å². The van der Waals surface area contributed by atoms with Crippen LogP contribution in [0.25, 0.3) is 0 Å². The first-order valence-electron chi connectivity index (χ1n) is 6.29. The summed E-state index contributed by atoms with van der Waals surface area (Å²) in [5.41, 5.74) is 0. The van der Waals surface area contributed by atoms with Crippen molar-refractivity contribution in [3.8, 4) is 0 Å². The summed E-state index contributed by atoms with van der Waals surface area (Å²) in [7, 11) is 0. The Hall–Kier alpha value is -1.89. The Bertz CT molecular complexity index is 413. The highest BCUT2D eigenvalue weighted by Crippen LogP contribution is 2.27. The third-order valence-electron chi connectivity index (χ3n) is 3.59. The van der Waals surface area contributed by atoms with Gasteiger partial charge in [0.2, 0.25) is 0 Å². The first-order valence-corrected chi connectivity index (χ1v) is 6.29. The highest BCUT2D eigenvalue weighted by Gasteiger charge is 2.34. The fourth-order valence-electron chi connectivity index (χ4n) is 2.63. The fraction of sp³-hybridized carbons (Fsp3) is 0.583. The first kappa shape index (κ1) is 13.5. The molecule has 0 aromatic carbocycles. The number of amides is 3. The maximum Gasteiger partial charge on any atom is 0.328 e.